The van der Waals surface area contributed by atoms with Gasteiger partial charge in [-0.1, -0.05) is 29.8 Å². The van der Waals surface area contributed by atoms with Crippen molar-refractivity contribution < 1.29 is 17.9 Å². The molecule has 1 amide bonds. The van der Waals surface area contributed by atoms with E-state index in [-0.39, 0.29) is 12.3 Å². The Morgan fingerprint density at radius 2 is 1.70 bits per heavy atom. The molecule has 0 atom stereocenters. The highest BCUT2D eigenvalue weighted by atomic mass is 35.5. The lowest BCUT2D eigenvalue weighted by molar-refractivity contribution is 0.201. The number of halogens is 1. The molecule has 2 aromatic rings. The number of rotatable bonds is 6. The van der Waals surface area contributed by atoms with Crippen LogP contribution in [0.15, 0.2) is 54.6 Å². The average molecular weight is 355 g/mol. The highest BCUT2D eigenvalue weighted by Gasteiger charge is 2.11. The third-order valence-electron chi connectivity index (χ3n) is 2.71. The van der Waals surface area contributed by atoms with Crippen molar-refractivity contribution in [2.45, 2.75) is 0 Å². The Kier molecular flexibility index (Phi) is 5.84. The van der Waals surface area contributed by atoms with E-state index < -0.39 is 16.1 Å². The molecule has 122 valence electrons. The number of hydrogen-bond donors (Lipinski definition) is 2. The molecule has 2 N–H and O–H groups in total. The van der Waals surface area contributed by atoms with Crippen LogP contribution in [-0.2, 0) is 10.0 Å². The van der Waals surface area contributed by atoms with E-state index in [2.05, 4.69) is 10.0 Å². The minimum Gasteiger partial charge on any atom is -0.410 e. The van der Waals surface area contributed by atoms with Gasteiger partial charge in [0.25, 0.3) is 0 Å². The monoisotopic (exact) mass is 354 g/mol. The first-order valence-corrected chi connectivity index (χ1v) is 8.74. The summed E-state index contributed by atoms with van der Waals surface area (Å²) < 4.78 is 31.1. The van der Waals surface area contributed by atoms with E-state index in [9.17, 15) is 13.2 Å². The van der Waals surface area contributed by atoms with Crippen molar-refractivity contribution in [1.82, 2.24) is 5.32 Å². The lowest BCUT2D eigenvalue weighted by Gasteiger charge is -2.09. The first-order valence-electron chi connectivity index (χ1n) is 6.71. The molecule has 23 heavy (non-hydrogen) atoms. The van der Waals surface area contributed by atoms with Crippen LogP contribution < -0.4 is 14.8 Å². The van der Waals surface area contributed by atoms with Crippen LogP contribution in [-0.4, -0.2) is 26.8 Å². The van der Waals surface area contributed by atoms with Crippen molar-refractivity contribution in [1.29, 1.82) is 0 Å². The Morgan fingerprint density at radius 1 is 1.04 bits per heavy atom. The maximum absolute atomic E-state index is 11.9. The van der Waals surface area contributed by atoms with Crippen molar-refractivity contribution in [3.63, 3.8) is 0 Å². The molecule has 0 radical (unpaired) electrons. The van der Waals surface area contributed by atoms with E-state index in [0.717, 1.165) is 0 Å². The molecule has 0 aliphatic rings. The van der Waals surface area contributed by atoms with Gasteiger partial charge >= 0.3 is 6.09 Å². The normalized spacial score (nSPS) is 10.8. The van der Waals surface area contributed by atoms with Crippen LogP contribution in [0.1, 0.15) is 0 Å². The molecule has 0 aliphatic heterocycles. The zero-order valence-electron chi connectivity index (χ0n) is 12.0. The summed E-state index contributed by atoms with van der Waals surface area (Å²) in [7, 11) is -3.55. The standard InChI is InChI=1S/C15H15ClN2O4S/c16-12-6-8-14(9-7-12)22-15(19)17-10-11-23(20,21)18-13-4-2-1-3-5-13/h1-9,18H,10-11H2,(H,17,19). The molecular weight excluding hydrogens is 340 g/mol. The van der Waals surface area contributed by atoms with Gasteiger partial charge < -0.3 is 10.1 Å². The van der Waals surface area contributed by atoms with Crippen LogP contribution >= 0.6 is 11.6 Å². The maximum Gasteiger partial charge on any atom is 0.412 e. The molecule has 0 saturated heterocycles. The molecule has 0 aliphatic carbocycles. The summed E-state index contributed by atoms with van der Waals surface area (Å²) in [5.74, 6) is 0.0506. The summed E-state index contributed by atoms with van der Waals surface area (Å²) in [4.78, 5) is 11.6. The molecule has 0 aromatic heterocycles. The van der Waals surface area contributed by atoms with Gasteiger partial charge in [-0.25, -0.2) is 13.2 Å². The van der Waals surface area contributed by atoms with E-state index in [0.29, 0.717) is 16.5 Å². The molecule has 0 spiro atoms. The summed E-state index contributed by atoms with van der Waals surface area (Å²) >= 11 is 5.72. The number of sulfonamides is 1. The number of amides is 1. The zero-order valence-corrected chi connectivity index (χ0v) is 13.6. The summed E-state index contributed by atoms with van der Waals surface area (Å²) in [5.41, 5.74) is 0.469. The van der Waals surface area contributed by atoms with E-state index in [4.69, 9.17) is 16.3 Å². The van der Waals surface area contributed by atoms with Gasteiger partial charge in [0, 0.05) is 17.3 Å². The van der Waals surface area contributed by atoms with E-state index in [1.54, 1.807) is 42.5 Å². The Balaban J connectivity index is 1.77. The molecule has 0 unspecified atom stereocenters. The Morgan fingerprint density at radius 3 is 2.35 bits per heavy atom. The number of para-hydroxylation sites is 1. The van der Waals surface area contributed by atoms with Crippen molar-refractivity contribution in [3.05, 3.63) is 59.6 Å². The Hall–Kier alpha value is -2.25. The second kappa shape index (κ2) is 7.85. The lowest BCUT2D eigenvalue weighted by atomic mass is 10.3. The van der Waals surface area contributed by atoms with E-state index in [1.807, 2.05) is 0 Å². The molecule has 0 fully saturated rings. The maximum atomic E-state index is 11.9. The van der Waals surface area contributed by atoms with Crippen molar-refractivity contribution in [2.24, 2.45) is 0 Å². The smallest absolute Gasteiger partial charge is 0.410 e. The van der Waals surface area contributed by atoms with Crippen molar-refractivity contribution in [2.75, 3.05) is 17.0 Å². The van der Waals surface area contributed by atoms with Gasteiger partial charge in [-0.05, 0) is 36.4 Å². The largest absolute Gasteiger partial charge is 0.412 e. The van der Waals surface area contributed by atoms with Gasteiger partial charge in [0.05, 0.1) is 5.75 Å². The third kappa shape index (κ3) is 6.17. The molecule has 6 nitrogen and oxygen atoms in total. The van der Waals surface area contributed by atoms with E-state index >= 15 is 0 Å². The fourth-order valence-electron chi connectivity index (χ4n) is 1.67. The van der Waals surface area contributed by atoms with Gasteiger partial charge in [-0.3, -0.25) is 4.72 Å². The number of benzene rings is 2. The van der Waals surface area contributed by atoms with Crippen LogP contribution in [0.3, 0.4) is 0 Å². The Bertz CT molecular complexity index is 749. The molecule has 0 heterocycles. The van der Waals surface area contributed by atoms with Gasteiger partial charge in [0.15, 0.2) is 0 Å². The quantitative estimate of drug-likeness (QED) is 0.835. The van der Waals surface area contributed by atoms with Gasteiger partial charge in [-0.15, -0.1) is 0 Å². The van der Waals surface area contributed by atoms with Crippen LogP contribution in [0, 0.1) is 0 Å². The number of carbonyl (C=O) groups is 1. The van der Waals surface area contributed by atoms with Crippen molar-refractivity contribution >= 4 is 33.4 Å². The zero-order chi connectivity index (χ0) is 16.7. The molecular formula is C15H15ClN2O4S. The predicted octanol–water partition coefficient (Wildman–Crippen LogP) is 2.87. The summed E-state index contributed by atoms with van der Waals surface area (Å²) in [6, 6.07) is 14.7. The third-order valence-corrected chi connectivity index (χ3v) is 4.25. The fraction of sp³-hybridized carbons (Fsp3) is 0.133. The Labute approximate surface area is 139 Å². The molecule has 0 bridgehead atoms. The molecule has 8 heteroatoms. The highest BCUT2D eigenvalue weighted by Crippen LogP contribution is 2.15. The molecule has 2 rings (SSSR count). The van der Waals surface area contributed by atoms with Crippen LogP contribution in [0.25, 0.3) is 0 Å². The van der Waals surface area contributed by atoms with Crippen molar-refractivity contribution in [3.8, 4) is 5.75 Å². The number of ether oxygens (including phenoxy) is 1. The number of anilines is 1. The lowest BCUT2D eigenvalue weighted by Crippen LogP contribution is -2.33. The number of nitrogens with one attached hydrogen (secondary N) is 2. The van der Waals surface area contributed by atoms with Crippen LogP contribution in [0.4, 0.5) is 10.5 Å². The van der Waals surface area contributed by atoms with Crippen LogP contribution in [0.5, 0.6) is 5.75 Å². The second-order valence-corrected chi connectivity index (χ2v) is 6.84. The highest BCUT2D eigenvalue weighted by molar-refractivity contribution is 7.92. The fourth-order valence-corrected chi connectivity index (χ4v) is 2.76. The number of hydrogen-bond acceptors (Lipinski definition) is 4. The van der Waals surface area contributed by atoms with E-state index in [1.165, 1.54) is 12.1 Å². The molecule has 0 saturated carbocycles. The minimum absolute atomic E-state index is 0.0748. The average Bonchev–Trinajstić information content (AvgIpc) is 2.50. The molecule has 2 aromatic carbocycles. The summed E-state index contributed by atoms with van der Waals surface area (Å²) in [6.45, 7) is -0.0748. The van der Waals surface area contributed by atoms with Gasteiger partial charge in [-0.2, -0.15) is 0 Å². The van der Waals surface area contributed by atoms with Crippen LogP contribution in [0.2, 0.25) is 5.02 Å². The summed E-state index contributed by atoms with van der Waals surface area (Å²) in [6.07, 6.45) is -0.734. The topological polar surface area (TPSA) is 84.5 Å². The van der Waals surface area contributed by atoms with Gasteiger partial charge in [0.1, 0.15) is 5.75 Å². The van der Waals surface area contributed by atoms with Gasteiger partial charge in [0.2, 0.25) is 10.0 Å². The number of carbonyl (C=O) groups excluding carboxylic acids is 1. The first-order chi connectivity index (χ1) is 10.9. The minimum atomic E-state index is -3.55. The second-order valence-electron chi connectivity index (χ2n) is 4.56. The SMILES string of the molecule is O=C(NCCS(=O)(=O)Nc1ccccc1)Oc1ccc(Cl)cc1. The summed E-state index contributed by atoms with van der Waals surface area (Å²) in [5, 5.41) is 2.90. The first kappa shape index (κ1) is 17.1. The predicted molar refractivity (Wildman–Crippen MR) is 89.3 cm³/mol.